The average Bonchev–Trinajstić information content (AvgIpc) is 2.38. The molecule has 0 aromatic heterocycles. The van der Waals surface area contributed by atoms with Crippen molar-refractivity contribution in [2.24, 2.45) is 0 Å². The van der Waals surface area contributed by atoms with Gasteiger partial charge in [-0.2, -0.15) is 5.26 Å². The van der Waals surface area contributed by atoms with Gasteiger partial charge in [0.2, 0.25) is 10.0 Å². The van der Waals surface area contributed by atoms with Gasteiger partial charge in [-0.3, -0.25) is 0 Å². The summed E-state index contributed by atoms with van der Waals surface area (Å²) in [6.45, 7) is 5.56. The molecule has 0 heterocycles. The Balaban J connectivity index is 2.54. The number of hydrogen-bond donors (Lipinski definition) is 1. The maximum Gasteiger partial charge on any atom is 0.228 e. The maximum atomic E-state index is 11.9. The number of rotatable bonds is 7. The molecule has 0 aliphatic heterocycles. The lowest BCUT2D eigenvalue weighted by Gasteiger charge is -2.17. The van der Waals surface area contributed by atoms with E-state index < -0.39 is 21.3 Å². The van der Waals surface area contributed by atoms with Crippen LogP contribution >= 0.6 is 0 Å². The third kappa shape index (κ3) is 4.83. The summed E-state index contributed by atoms with van der Waals surface area (Å²) in [7, 11) is -3.62. The third-order valence-corrected chi connectivity index (χ3v) is 4.69. The number of hydrogen-bond acceptors (Lipinski definition) is 4. The first-order chi connectivity index (χ1) is 9.39. The van der Waals surface area contributed by atoms with Gasteiger partial charge in [0.25, 0.3) is 0 Å². The second-order valence-electron chi connectivity index (χ2n) is 4.71. The second-order valence-corrected chi connectivity index (χ2v) is 6.61. The van der Waals surface area contributed by atoms with Gasteiger partial charge in [-0.1, -0.05) is 24.6 Å². The molecule has 0 saturated heterocycles. The molecule has 0 aliphatic rings. The Morgan fingerprint density at radius 1 is 1.35 bits per heavy atom. The minimum atomic E-state index is -3.62. The fourth-order valence-electron chi connectivity index (χ4n) is 1.63. The molecule has 1 rings (SSSR count). The summed E-state index contributed by atoms with van der Waals surface area (Å²) in [6, 6.07) is 8.90. The normalized spacial score (nSPS) is 14.3. The average molecular weight is 296 g/mol. The van der Waals surface area contributed by atoms with E-state index in [4.69, 9.17) is 10.00 Å². The fraction of sp³-hybridized carbons (Fsp3) is 0.500. The van der Waals surface area contributed by atoms with Crippen molar-refractivity contribution in [1.29, 1.82) is 5.26 Å². The molecule has 0 fully saturated rings. The first-order valence-corrected chi connectivity index (χ1v) is 8.04. The van der Waals surface area contributed by atoms with Crippen LogP contribution in [0, 0.1) is 18.3 Å². The molecule has 0 spiro atoms. The first-order valence-electron chi connectivity index (χ1n) is 6.49. The van der Waals surface area contributed by atoms with Crippen LogP contribution in [-0.4, -0.2) is 26.3 Å². The van der Waals surface area contributed by atoms with Crippen molar-refractivity contribution in [3.63, 3.8) is 0 Å². The molecule has 0 aliphatic carbocycles. The Morgan fingerprint density at radius 3 is 2.45 bits per heavy atom. The molecule has 0 amide bonds. The van der Waals surface area contributed by atoms with Gasteiger partial charge in [0.15, 0.2) is 5.25 Å². The lowest BCUT2D eigenvalue weighted by molar-refractivity contribution is 0.287. The SMILES string of the molecule is CCC(C#N)S(=O)(=O)NC(C)COc1ccc(C)cc1. The first kappa shape index (κ1) is 16.5. The highest BCUT2D eigenvalue weighted by Gasteiger charge is 2.25. The van der Waals surface area contributed by atoms with E-state index in [-0.39, 0.29) is 13.0 Å². The Bertz CT molecular complexity index is 561. The van der Waals surface area contributed by atoms with Crippen molar-refractivity contribution in [2.45, 2.75) is 38.5 Å². The van der Waals surface area contributed by atoms with Gasteiger partial charge in [-0.25, -0.2) is 13.1 Å². The van der Waals surface area contributed by atoms with Gasteiger partial charge in [-0.15, -0.1) is 0 Å². The zero-order valence-electron chi connectivity index (χ0n) is 12.0. The number of nitrogens with one attached hydrogen (secondary N) is 1. The topological polar surface area (TPSA) is 79.2 Å². The maximum absolute atomic E-state index is 11.9. The van der Waals surface area contributed by atoms with Crippen LogP contribution in [0.25, 0.3) is 0 Å². The van der Waals surface area contributed by atoms with Crippen LogP contribution in [0.3, 0.4) is 0 Å². The van der Waals surface area contributed by atoms with Gasteiger partial charge in [0, 0.05) is 0 Å². The van der Waals surface area contributed by atoms with Crippen LogP contribution < -0.4 is 9.46 Å². The van der Waals surface area contributed by atoms with E-state index in [2.05, 4.69) is 4.72 Å². The molecule has 2 unspecified atom stereocenters. The van der Waals surface area contributed by atoms with Crippen molar-refractivity contribution in [2.75, 3.05) is 6.61 Å². The zero-order valence-corrected chi connectivity index (χ0v) is 12.8. The molecule has 0 radical (unpaired) electrons. The van der Waals surface area contributed by atoms with Crippen molar-refractivity contribution in [3.8, 4) is 11.8 Å². The molecule has 0 saturated carbocycles. The van der Waals surface area contributed by atoms with E-state index >= 15 is 0 Å². The van der Waals surface area contributed by atoms with Gasteiger partial charge < -0.3 is 4.74 Å². The second kappa shape index (κ2) is 7.27. The minimum absolute atomic E-state index is 0.212. The molecule has 1 aromatic rings. The summed E-state index contributed by atoms with van der Waals surface area (Å²) in [6.07, 6.45) is 0.261. The van der Waals surface area contributed by atoms with Gasteiger partial charge in [-0.05, 0) is 32.4 Å². The predicted octanol–water partition coefficient (Wildman–Crippen LogP) is 1.98. The molecular weight excluding hydrogens is 276 g/mol. The van der Waals surface area contributed by atoms with E-state index in [9.17, 15) is 8.42 Å². The highest BCUT2D eigenvalue weighted by molar-refractivity contribution is 7.90. The molecule has 5 nitrogen and oxygen atoms in total. The Morgan fingerprint density at radius 2 is 1.95 bits per heavy atom. The molecule has 0 bridgehead atoms. The molecule has 2 atom stereocenters. The van der Waals surface area contributed by atoms with Crippen LogP contribution in [-0.2, 0) is 10.0 Å². The van der Waals surface area contributed by atoms with Crippen molar-refractivity contribution < 1.29 is 13.2 Å². The monoisotopic (exact) mass is 296 g/mol. The number of nitrogens with zero attached hydrogens (tertiary/aromatic N) is 1. The van der Waals surface area contributed by atoms with Gasteiger partial charge >= 0.3 is 0 Å². The van der Waals surface area contributed by atoms with Gasteiger partial charge in [0.05, 0.1) is 12.1 Å². The van der Waals surface area contributed by atoms with Crippen molar-refractivity contribution in [1.82, 2.24) is 4.72 Å². The van der Waals surface area contributed by atoms with Crippen LogP contribution in [0.4, 0.5) is 0 Å². The number of ether oxygens (including phenoxy) is 1. The van der Waals surface area contributed by atoms with E-state index in [1.165, 1.54) is 0 Å². The summed E-state index contributed by atoms with van der Waals surface area (Å²) in [4.78, 5) is 0. The molecular formula is C14H20N2O3S. The van der Waals surface area contributed by atoms with E-state index in [1.54, 1.807) is 19.9 Å². The lowest BCUT2D eigenvalue weighted by atomic mass is 10.2. The largest absolute Gasteiger partial charge is 0.492 e. The molecule has 1 aromatic carbocycles. The van der Waals surface area contributed by atoms with Crippen LogP contribution in [0.2, 0.25) is 0 Å². The smallest absolute Gasteiger partial charge is 0.228 e. The summed E-state index contributed by atoms with van der Waals surface area (Å²) in [5.41, 5.74) is 1.13. The summed E-state index contributed by atoms with van der Waals surface area (Å²) < 4.78 is 31.7. The molecule has 20 heavy (non-hydrogen) atoms. The summed E-state index contributed by atoms with van der Waals surface area (Å²) in [5, 5.41) is 7.78. The highest BCUT2D eigenvalue weighted by Crippen LogP contribution is 2.12. The Hall–Kier alpha value is -1.58. The van der Waals surface area contributed by atoms with Crippen LogP contribution in [0.15, 0.2) is 24.3 Å². The number of benzene rings is 1. The predicted molar refractivity (Wildman–Crippen MR) is 77.9 cm³/mol. The Kier molecular flexibility index (Phi) is 5.99. The summed E-state index contributed by atoms with van der Waals surface area (Å²) >= 11 is 0. The highest BCUT2D eigenvalue weighted by atomic mass is 32.2. The number of nitriles is 1. The number of aryl methyl sites for hydroxylation is 1. The van der Waals surface area contributed by atoms with E-state index in [0.29, 0.717) is 5.75 Å². The summed E-state index contributed by atoms with van der Waals surface area (Å²) in [5.74, 6) is 0.689. The van der Waals surface area contributed by atoms with Crippen molar-refractivity contribution >= 4 is 10.0 Å². The van der Waals surface area contributed by atoms with Crippen LogP contribution in [0.1, 0.15) is 25.8 Å². The lowest BCUT2D eigenvalue weighted by Crippen LogP contribution is -2.41. The Labute approximate surface area is 120 Å². The fourth-order valence-corrected chi connectivity index (χ4v) is 3.00. The van der Waals surface area contributed by atoms with E-state index in [0.717, 1.165) is 5.56 Å². The standard InChI is InChI=1S/C14H20N2O3S/c1-4-14(9-15)20(17,18)16-12(3)10-19-13-7-5-11(2)6-8-13/h5-8,12,14,16H,4,10H2,1-3H3. The molecule has 1 N–H and O–H groups in total. The quantitative estimate of drug-likeness (QED) is 0.834. The molecule has 6 heteroatoms. The zero-order chi connectivity index (χ0) is 15.2. The van der Waals surface area contributed by atoms with Gasteiger partial charge in [0.1, 0.15) is 12.4 Å². The minimum Gasteiger partial charge on any atom is -0.492 e. The third-order valence-electron chi connectivity index (χ3n) is 2.78. The molecule has 110 valence electrons. The van der Waals surface area contributed by atoms with Crippen molar-refractivity contribution in [3.05, 3.63) is 29.8 Å². The van der Waals surface area contributed by atoms with E-state index in [1.807, 2.05) is 31.2 Å². The number of sulfonamides is 1. The van der Waals surface area contributed by atoms with Crippen LogP contribution in [0.5, 0.6) is 5.75 Å².